The van der Waals surface area contributed by atoms with Gasteiger partial charge in [-0.2, -0.15) is 0 Å². The van der Waals surface area contributed by atoms with Gasteiger partial charge in [0.2, 0.25) is 11.8 Å². The van der Waals surface area contributed by atoms with Crippen LogP contribution >= 0.6 is 0 Å². The first-order chi connectivity index (χ1) is 12.9. The molecule has 1 atom stereocenters. The molecule has 1 aromatic rings. The number of nitrogens with zero attached hydrogens (tertiary/aromatic N) is 2. The molecular weight excluding hydrogens is 337 g/mol. The zero-order valence-corrected chi connectivity index (χ0v) is 14.5. The van der Waals surface area contributed by atoms with Gasteiger partial charge in [0, 0.05) is 31.0 Å². The first-order valence-corrected chi connectivity index (χ1v) is 9.03. The Morgan fingerprint density at radius 3 is 2.73 bits per heavy atom. The van der Waals surface area contributed by atoms with Gasteiger partial charge in [0.15, 0.2) is 0 Å². The molecule has 26 heavy (non-hydrogen) atoms. The lowest BCUT2D eigenvalue weighted by Crippen LogP contribution is -2.52. The summed E-state index contributed by atoms with van der Waals surface area (Å²) < 4.78 is 22.8. The Bertz CT molecular complexity index is 808. The van der Waals surface area contributed by atoms with E-state index in [2.05, 4.69) is 10.2 Å². The Labute approximate surface area is 152 Å². The van der Waals surface area contributed by atoms with E-state index in [4.69, 9.17) is 1.37 Å². The summed E-state index contributed by atoms with van der Waals surface area (Å²) in [5.41, 5.74) is 1.17. The number of carbonyl (C=O) groups excluding carboxylic acids is 3. The van der Waals surface area contributed by atoms with Gasteiger partial charge < -0.3 is 4.90 Å². The molecule has 2 fully saturated rings. The molecule has 1 N–H and O–H groups in total. The summed E-state index contributed by atoms with van der Waals surface area (Å²) in [4.78, 5) is 39.6. The number of hydrogen-bond acceptors (Lipinski definition) is 4. The van der Waals surface area contributed by atoms with Gasteiger partial charge in [0.05, 0.1) is 6.54 Å². The van der Waals surface area contributed by atoms with Crippen molar-refractivity contribution in [2.75, 3.05) is 13.1 Å². The number of hydrogen-bond donors (Lipinski definition) is 1. The Kier molecular flexibility index (Phi) is 4.16. The van der Waals surface area contributed by atoms with Gasteiger partial charge >= 0.3 is 0 Å². The van der Waals surface area contributed by atoms with Gasteiger partial charge in [0.1, 0.15) is 11.9 Å². The molecule has 2 saturated heterocycles. The van der Waals surface area contributed by atoms with Crippen LogP contribution in [0.2, 0.25) is 0 Å². The minimum atomic E-state index is -0.735. The molecule has 3 aliphatic rings. The van der Waals surface area contributed by atoms with Gasteiger partial charge in [-0.1, -0.05) is 12.5 Å². The maximum atomic E-state index is 15.1. The zero-order valence-electron chi connectivity index (χ0n) is 15.5. The molecule has 3 aliphatic heterocycles. The maximum Gasteiger partial charge on any atom is 0.255 e. The van der Waals surface area contributed by atoms with Crippen LogP contribution in [-0.4, -0.2) is 46.7 Å². The molecule has 4 rings (SSSR count). The number of likely N-dealkylation sites (tertiary alicyclic amines) is 1. The number of amides is 3. The standard InChI is InChI=1S/C19H22FN3O3/c20-17-12(10-22-8-2-1-3-9-22)4-5-13-14(17)11-23(19(13)26)15-6-7-16(24)21-18(15)25/h4-5,15H,1-3,6-11H2,(H,21,24,25)/i1D. The monoisotopic (exact) mass is 360 g/mol. The molecule has 3 heterocycles. The normalized spacial score (nSPS) is 25.3. The van der Waals surface area contributed by atoms with E-state index in [1.807, 2.05) is 0 Å². The Morgan fingerprint density at radius 2 is 2.00 bits per heavy atom. The minimum Gasteiger partial charge on any atom is -0.322 e. The predicted octanol–water partition coefficient (Wildman–Crippen LogP) is 1.57. The van der Waals surface area contributed by atoms with E-state index in [1.54, 1.807) is 12.1 Å². The highest BCUT2D eigenvalue weighted by Gasteiger charge is 2.40. The molecule has 0 bridgehead atoms. The molecule has 0 saturated carbocycles. The van der Waals surface area contributed by atoms with Crippen molar-refractivity contribution in [1.82, 2.24) is 15.1 Å². The van der Waals surface area contributed by atoms with Crippen LogP contribution in [0.3, 0.4) is 0 Å². The van der Waals surface area contributed by atoms with Crippen LogP contribution in [0.25, 0.3) is 0 Å². The van der Waals surface area contributed by atoms with Crippen LogP contribution in [0.1, 0.15) is 54.9 Å². The van der Waals surface area contributed by atoms with Gasteiger partial charge in [-0.15, -0.1) is 0 Å². The molecule has 1 aromatic carbocycles. The number of benzene rings is 1. The Balaban J connectivity index is 1.52. The summed E-state index contributed by atoms with van der Waals surface area (Å²) >= 11 is 0. The van der Waals surface area contributed by atoms with Crippen molar-refractivity contribution in [3.63, 3.8) is 0 Å². The topological polar surface area (TPSA) is 69.7 Å². The van der Waals surface area contributed by atoms with Crippen molar-refractivity contribution in [3.05, 3.63) is 34.6 Å². The first kappa shape index (κ1) is 15.9. The second-order valence-corrected chi connectivity index (χ2v) is 7.11. The highest BCUT2D eigenvalue weighted by molar-refractivity contribution is 6.05. The van der Waals surface area contributed by atoms with Gasteiger partial charge in [-0.25, -0.2) is 4.39 Å². The summed E-state index contributed by atoms with van der Waals surface area (Å²) in [6.45, 7) is 2.05. The van der Waals surface area contributed by atoms with Crippen LogP contribution in [0.15, 0.2) is 12.1 Å². The first-order valence-electron chi connectivity index (χ1n) is 9.61. The zero-order chi connectivity index (χ0) is 19.1. The number of rotatable bonds is 3. The van der Waals surface area contributed by atoms with Crippen molar-refractivity contribution in [3.8, 4) is 0 Å². The van der Waals surface area contributed by atoms with Crippen molar-refractivity contribution < 1.29 is 20.1 Å². The fraction of sp³-hybridized carbons (Fsp3) is 0.526. The van der Waals surface area contributed by atoms with E-state index in [1.165, 1.54) is 4.90 Å². The second-order valence-electron chi connectivity index (χ2n) is 7.11. The van der Waals surface area contributed by atoms with Crippen LogP contribution < -0.4 is 5.32 Å². The lowest BCUT2D eigenvalue weighted by atomic mass is 10.0. The summed E-state index contributed by atoms with van der Waals surface area (Å²) in [6.07, 6.45) is 1.98. The average Bonchev–Trinajstić information content (AvgIpc) is 2.97. The molecule has 138 valence electrons. The molecule has 3 amide bonds. The molecule has 0 aliphatic carbocycles. The summed E-state index contributed by atoms with van der Waals surface area (Å²) in [5.74, 6) is -1.58. The van der Waals surface area contributed by atoms with Gasteiger partial charge in [-0.3, -0.25) is 24.6 Å². The van der Waals surface area contributed by atoms with E-state index in [0.29, 0.717) is 23.2 Å². The van der Waals surface area contributed by atoms with E-state index < -0.39 is 11.9 Å². The number of imide groups is 1. The smallest absolute Gasteiger partial charge is 0.255 e. The minimum absolute atomic E-state index is 0.0363. The molecule has 7 heteroatoms. The Morgan fingerprint density at radius 1 is 1.23 bits per heavy atom. The lowest BCUT2D eigenvalue weighted by molar-refractivity contribution is -0.136. The number of nitrogens with one attached hydrogen (secondary N) is 1. The van der Waals surface area contributed by atoms with Crippen molar-refractivity contribution >= 4 is 17.7 Å². The highest BCUT2D eigenvalue weighted by Crippen LogP contribution is 2.31. The number of carbonyl (C=O) groups is 3. The van der Waals surface area contributed by atoms with E-state index in [-0.39, 0.29) is 43.4 Å². The van der Waals surface area contributed by atoms with Crippen LogP contribution in [0, 0.1) is 5.82 Å². The molecule has 1 unspecified atom stereocenters. The molecule has 0 radical (unpaired) electrons. The molecular formula is C19H22FN3O3. The summed E-state index contributed by atoms with van der Waals surface area (Å²) in [6, 6.07) is 2.55. The third-order valence-corrected chi connectivity index (χ3v) is 5.42. The quantitative estimate of drug-likeness (QED) is 0.831. The van der Waals surface area contributed by atoms with Crippen LogP contribution in [0.4, 0.5) is 4.39 Å². The van der Waals surface area contributed by atoms with E-state index >= 15 is 4.39 Å². The molecule has 0 spiro atoms. The third-order valence-electron chi connectivity index (χ3n) is 5.42. The third kappa shape index (κ3) is 3.00. The summed E-state index contributed by atoms with van der Waals surface area (Å²) in [7, 11) is 0. The largest absolute Gasteiger partial charge is 0.322 e. The Hall–Kier alpha value is -2.28. The molecule has 0 aromatic heterocycles. The summed E-state index contributed by atoms with van der Waals surface area (Å²) in [5, 5.41) is 2.25. The maximum absolute atomic E-state index is 15.1. The number of fused-ring (bicyclic) bond motifs is 1. The SMILES string of the molecule is [2H]C1CCN(Cc2ccc3c(c2F)CN(C2CCC(=O)NC2=O)C3=O)CC1. The second kappa shape index (κ2) is 6.79. The van der Waals surface area contributed by atoms with Crippen LogP contribution in [-0.2, 0) is 22.7 Å². The van der Waals surface area contributed by atoms with Crippen molar-refractivity contribution in [2.24, 2.45) is 0 Å². The van der Waals surface area contributed by atoms with Crippen LogP contribution in [0.5, 0.6) is 0 Å². The fourth-order valence-electron chi connectivity index (χ4n) is 3.98. The van der Waals surface area contributed by atoms with E-state index in [0.717, 1.165) is 25.9 Å². The lowest BCUT2D eigenvalue weighted by Gasteiger charge is -2.29. The van der Waals surface area contributed by atoms with Crippen molar-refractivity contribution in [1.29, 1.82) is 0 Å². The molecule has 6 nitrogen and oxygen atoms in total. The number of halogens is 1. The fourth-order valence-corrected chi connectivity index (χ4v) is 3.98. The number of piperidine rings is 2. The van der Waals surface area contributed by atoms with Crippen molar-refractivity contribution in [2.45, 2.75) is 51.2 Å². The van der Waals surface area contributed by atoms with Gasteiger partial charge in [0.25, 0.3) is 5.91 Å². The predicted molar refractivity (Wildman–Crippen MR) is 91.6 cm³/mol. The van der Waals surface area contributed by atoms with E-state index in [9.17, 15) is 14.4 Å². The highest BCUT2D eigenvalue weighted by atomic mass is 19.1. The average molecular weight is 360 g/mol. The van der Waals surface area contributed by atoms with Gasteiger partial charge in [-0.05, 0) is 38.4 Å².